The third-order valence-electron chi connectivity index (χ3n) is 4.50. The van der Waals surface area contributed by atoms with Crippen LogP contribution in [0.3, 0.4) is 0 Å². The SMILES string of the molecule is O=C(Nc1ccc(CCNC(=O)c2cccs2)cc1)c1cnc(Oc2ccccc2)nc1. The third-order valence-corrected chi connectivity index (χ3v) is 5.37. The fourth-order valence-corrected chi connectivity index (χ4v) is 3.49. The Hall–Kier alpha value is -4.04. The van der Waals surface area contributed by atoms with E-state index < -0.39 is 0 Å². The van der Waals surface area contributed by atoms with Gasteiger partial charge in [-0.3, -0.25) is 9.59 Å². The zero-order valence-corrected chi connectivity index (χ0v) is 17.8. The van der Waals surface area contributed by atoms with Crippen molar-refractivity contribution in [3.63, 3.8) is 0 Å². The Morgan fingerprint density at radius 3 is 2.31 bits per heavy atom. The van der Waals surface area contributed by atoms with Gasteiger partial charge in [-0.05, 0) is 47.7 Å². The molecule has 32 heavy (non-hydrogen) atoms. The number of rotatable bonds is 8. The maximum absolute atomic E-state index is 12.4. The second-order valence-electron chi connectivity index (χ2n) is 6.80. The number of anilines is 1. The summed E-state index contributed by atoms with van der Waals surface area (Å²) in [5.41, 5.74) is 2.04. The molecule has 0 aliphatic rings. The number of hydrogen-bond acceptors (Lipinski definition) is 6. The number of nitrogens with one attached hydrogen (secondary N) is 2. The van der Waals surface area contributed by atoms with E-state index in [0.717, 1.165) is 5.56 Å². The number of carbonyl (C=O) groups is 2. The Bertz CT molecular complexity index is 1160. The zero-order valence-electron chi connectivity index (χ0n) is 17.0. The van der Waals surface area contributed by atoms with Crippen molar-refractivity contribution in [2.45, 2.75) is 6.42 Å². The van der Waals surface area contributed by atoms with E-state index >= 15 is 0 Å². The van der Waals surface area contributed by atoms with Crippen LogP contribution in [0.4, 0.5) is 5.69 Å². The molecule has 0 bridgehead atoms. The molecule has 0 aliphatic heterocycles. The van der Waals surface area contributed by atoms with Crippen molar-refractivity contribution < 1.29 is 14.3 Å². The standard InChI is InChI=1S/C24H20N4O3S/c29-22(18-15-26-24(27-16-18)31-20-5-2-1-3-6-20)28-19-10-8-17(9-11-19)12-13-25-23(30)21-7-4-14-32-21/h1-11,14-16H,12-13H2,(H,25,30)(H,28,29). The topological polar surface area (TPSA) is 93.2 Å². The third kappa shape index (κ3) is 5.77. The van der Waals surface area contributed by atoms with Crippen molar-refractivity contribution in [2.75, 3.05) is 11.9 Å². The van der Waals surface area contributed by atoms with Gasteiger partial charge in [0.25, 0.3) is 11.8 Å². The quantitative estimate of drug-likeness (QED) is 0.416. The van der Waals surface area contributed by atoms with Crippen LogP contribution < -0.4 is 15.4 Å². The summed E-state index contributed by atoms with van der Waals surface area (Å²) >= 11 is 1.42. The average Bonchev–Trinajstić information content (AvgIpc) is 3.37. The van der Waals surface area contributed by atoms with Gasteiger partial charge in [0.15, 0.2) is 0 Å². The predicted octanol–water partition coefficient (Wildman–Crippen LogP) is 4.56. The molecule has 4 rings (SSSR count). The molecule has 0 saturated heterocycles. The normalized spacial score (nSPS) is 10.4. The molecule has 4 aromatic rings. The van der Waals surface area contributed by atoms with Gasteiger partial charge in [-0.15, -0.1) is 11.3 Å². The van der Waals surface area contributed by atoms with E-state index in [-0.39, 0.29) is 17.8 Å². The number of amides is 2. The molecule has 0 unspecified atom stereocenters. The van der Waals surface area contributed by atoms with E-state index in [9.17, 15) is 9.59 Å². The van der Waals surface area contributed by atoms with Crippen molar-refractivity contribution in [3.8, 4) is 11.8 Å². The summed E-state index contributed by atoms with van der Waals surface area (Å²) in [6.45, 7) is 0.539. The first-order valence-electron chi connectivity index (χ1n) is 9.94. The molecule has 0 spiro atoms. The number of thiophene rings is 1. The number of benzene rings is 2. The molecule has 0 atom stereocenters. The summed E-state index contributed by atoms with van der Waals surface area (Å²) < 4.78 is 5.53. The Morgan fingerprint density at radius 1 is 0.875 bits per heavy atom. The summed E-state index contributed by atoms with van der Waals surface area (Å²) in [7, 11) is 0. The van der Waals surface area contributed by atoms with Crippen LogP contribution in [0, 0.1) is 0 Å². The lowest BCUT2D eigenvalue weighted by atomic mass is 10.1. The zero-order chi connectivity index (χ0) is 22.2. The molecule has 0 aliphatic carbocycles. The predicted molar refractivity (Wildman–Crippen MR) is 123 cm³/mol. The van der Waals surface area contributed by atoms with Gasteiger partial charge in [-0.1, -0.05) is 36.4 Å². The first-order chi connectivity index (χ1) is 15.7. The Balaban J connectivity index is 1.26. The van der Waals surface area contributed by atoms with Crippen molar-refractivity contribution in [2.24, 2.45) is 0 Å². The van der Waals surface area contributed by atoms with E-state index in [1.165, 1.54) is 23.7 Å². The van der Waals surface area contributed by atoms with Gasteiger partial charge in [0.1, 0.15) is 5.75 Å². The molecule has 2 aromatic carbocycles. The van der Waals surface area contributed by atoms with Crippen LogP contribution in [0.5, 0.6) is 11.8 Å². The van der Waals surface area contributed by atoms with Gasteiger partial charge in [0, 0.05) is 24.6 Å². The highest BCUT2D eigenvalue weighted by Crippen LogP contribution is 2.17. The van der Waals surface area contributed by atoms with Crippen LogP contribution in [0.1, 0.15) is 25.6 Å². The van der Waals surface area contributed by atoms with E-state index in [4.69, 9.17) is 4.74 Å². The number of carbonyl (C=O) groups excluding carboxylic acids is 2. The minimum absolute atomic E-state index is 0.0636. The molecule has 2 heterocycles. The fourth-order valence-electron chi connectivity index (χ4n) is 2.85. The molecule has 0 radical (unpaired) electrons. The van der Waals surface area contributed by atoms with Crippen molar-refractivity contribution in [1.82, 2.24) is 15.3 Å². The first kappa shape index (κ1) is 21.2. The molecule has 2 aromatic heterocycles. The maximum Gasteiger partial charge on any atom is 0.321 e. The monoisotopic (exact) mass is 444 g/mol. The molecule has 0 fully saturated rings. The van der Waals surface area contributed by atoms with E-state index in [1.54, 1.807) is 18.2 Å². The number of aromatic nitrogens is 2. The fraction of sp³-hybridized carbons (Fsp3) is 0.0833. The number of para-hydroxylation sites is 1. The van der Waals surface area contributed by atoms with Crippen LogP contribution >= 0.6 is 11.3 Å². The Kier molecular flexibility index (Phi) is 6.84. The minimum Gasteiger partial charge on any atom is -0.424 e. The average molecular weight is 445 g/mol. The first-order valence-corrected chi connectivity index (χ1v) is 10.8. The van der Waals surface area contributed by atoms with Gasteiger partial charge in [0.2, 0.25) is 0 Å². The molecule has 8 heteroatoms. The Labute approximate surface area is 189 Å². The van der Waals surface area contributed by atoms with Crippen LogP contribution in [-0.2, 0) is 6.42 Å². The van der Waals surface area contributed by atoms with Crippen molar-refractivity contribution >= 4 is 28.8 Å². The van der Waals surface area contributed by atoms with Gasteiger partial charge in [-0.25, -0.2) is 9.97 Å². The molecule has 2 N–H and O–H groups in total. The van der Waals surface area contributed by atoms with Crippen molar-refractivity contribution in [1.29, 1.82) is 0 Å². The van der Waals surface area contributed by atoms with Gasteiger partial charge >= 0.3 is 6.01 Å². The van der Waals surface area contributed by atoms with Crippen molar-refractivity contribution in [3.05, 3.63) is 101 Å². The second kappa shape index (κ2) is 10.3. The Morgan fingerprint density at radius 2 is 1.62 bits per heavy atom. The summed E-state index contributed by atoms with van der Waals surface area (Å²) in [4.78, 5) is 33.3. The highest BCUT2D eigenvalue weighted by Gasteiger charge is 2.09. The van der Waals surface area contributed by atoms with Crippen LogP contribution in [0.15, 0.2) is 84.5 Å². The lowest BCUT2D eigenvalue weighted by molar-refractivity contribution is 0.0957. The minimum atomic E-state index is -0.313. The molecule has 160 valence electrons. The molecule has 0 saturated carbocycles. The summed E-state index contributed by atoms with van der Waals surface area (Å²) in [5, 5.41) is 7.59. The maximum atomic E-state index is 12.4. The number of hydrogen-bond donors (Lipinski definition) is 2. The van der Waals surface area contributed by atoms with Crippen LogP contribution in [-0.4, -0.2) is 28.3 Å². The summed E-state index contributed by atoms with van der Waals surface area (Å²) in [5.74, 6) is 0.245. The van der Waals surface area contributed by atoms with E-state index in [0.29, 0.717) is 34.8 Å². The largest absolute Gasteiger partial charge is 0.424 e. The highest BCUT2D eigenvalue weighted by atomic mass is 32.1. The lowest BCUT2D eigenvalue weighted by Crippen LogP contribution is -2.24. The van der Waals surface area contributed by atoms with Gasteiger partial charge < -0.3 is 15.4 Å². The van der Waals surface area contributed by atoms with Crippen LogP contribution in [0.2, 0.25) is 0 Å². The van der Waals surface area contributed by atoms with Gasteiger partial charge in [-0.2, -0.15) is 0 Å². The number of ether oxygens (including phenoxy) is 1. The summed E-state index contributed by atoms with van der Waals surface area (Å²) in [6, 6.07) is 20.5. The van der Waals surface area contributed by atoms with Gasteiger partial charge in [0.05, 0.1) is 10.4 Å². The number of nitrogens with zero attached hydrogens (tertiary/aromatic N) is 2. The smallest absolute Gasteiger partial charge is 0.321 e. The van der Waals surface area contributed by atoms with Crippen LogP contribution in [0.25, 0.3) is 0 Å². The second-order valence-corrected chi connectivity index (χ2v) is 7.75. The molecule has 2 amide bonds. The summed E-state index contributed by atoms with van der Waals surface area (Å²) in [6.07, 6.45) is 3.54. The van der Waals surface area contributed by atoms with E-state index in [1.807, 2.05) is 53.9 Å². The highest BCUT2D eigenvalue weighted by molar-refractivity contribution is 7.12. The molecular weight excluding hydrogens is 424 g/mol. The molecule has 7 nitrogen and oxygen atoms in total. The lowest BCUT2D eigenvalue weighted by Gasteiger charge is -2.08. The molecular formula is C24H20N4O3S. The van der Waals surface area contributed by atoms with E-state index in [2.05, 4.69) is 20.6 Å².